The van der Waals surface area contributed by atoms with Gasteiger partial charge >= 0.3 is 5.97 Å². The van der Waals surface area contributed by atoms with Crippen LogP contribution in [-0.2, 0) is 25.6 Å². The number of carbonyl (C=O) groups is 4. The monoisotopic (exact) mass is 429 g/mol. The lowest BCUT2D eigenvalue weighted by Gasteiger charge is -2.25. The molecule has 0 radical (unpaired) electrons. The maximum Gasteiger partial charge on any atom is 0.326 e. The van der Waals surface area contributed by atoms with Crippen molar-refractivity contribution in [3.8, 4) is 0 Å². The molecule has 3 amide bonds. The molecule has 10 heteroatoms. The van der Waals surface area contributed by atoms with Crippen molar-refractivity contribution in [2.45, 2.75) is 44.3 Å². The second-order valence-electron chi connectivity index (χ2n) is 7.72. The number of rotatable bonds is 8. The second kappa shape index (κ2) is 9.61. The fraction of sp³-hybridized carbons (Fsp3) is 0.429. The van der Waals surface area contributed by atoms with Gasteiger partial charge in [0.25, 0.3) is 0 Å². The lowest BCUT2D eigenvalue weighted by molar-refractivity contribution is -0.142. The highest BCUT2D eigenvalue weighted by Gasteiger charge is 2.35. The normalized spacial score (nSPS) is 17.9. The van der Waals surface area contributed by atoms with Gasteiger partial charge in [0.15, 0.2) is 0 Å². The van der Waals surface area contributed by atoms with Gasteiger partial charge in [-0.05, 0) is 31.4 Å². The number of carboxylic acid groups (broad SMARTS) is 1. The maximum absolute atomic E-state index is 12.5. The zero-order valence-corrected chi connectivity index (χ0v) is 17.3. The van der Waals surface area contributed by atoms with Gasteiger partial charge in [0, 0.05) is 30.1 Å². The van der Waals surface area contributed by atoms with Gasteiger partial charge in [-0.25, -0.2) is 4.79 Å². The standard InChI is InChI=1S/C21H27N5O5/c1-12(22)20(29)26-8-4-7-17(26)19(28)24-11-18(27)25-16(21(30)31)9-13-10-23-15-6-3-2-5-14(13)15/h2-3,5-6,10,12,16-17,23H,4,7-9,11,22H2,1H3,(H,24,28)(H,25,27)(H,30,31). The molecule has 6 N–H and O–H groups in total. The van der Waals surface area contributed by atoms with Crippen LogP contribution in [0.5, 0.6) is 0 Å². The molecule has 1 saturated heterocycles. The van der Waals surface area contributed by atoms with E-state index in [9.17, 15) is 24.3 Å². The van der Waals surface area contributed by atoms with Crippen LogP contribution in [-0.4, -0.2) is 69.9 Å². The van der Waals surface area contributed by atoms with E-state index in [2.05, 4.69) is 15.6 Å². The lowest BCUT2D eigenvalue weighted by atomic mass is 10.0. The fourth-order valence-electron chi connectivity index (χ4n) is 3.82. The summed E-state index contributed by atoms with van der Waals surface area (Å²) in [4.78, 5) is 53.1. The van der Waals surface area contributed by atoms with Crippen LogP contribution in [0.1, 0.15) is 25.3 Å². The Hall–Kier alpha value is -3.40. The molecule has 31 heavy (non-hydrogen) atoms. The number of nitrogens with zero attached hydrogens (tertiary/aromatic N) is 1. The molecule has 1 aliphatic heterocycles. The highest BCUT2D eigenvalue weighted by molar-refractivity contribution is 5.93. The molecule has 3 rings (SSSR count). The quantitative estimate of drug-likeness (QED) is 0.389. The highest BCUT2D eigenvalue weighted by Crippen LogP contribution is 2.20. The van der Waals surface area contributed by atoms with Crippen molar-refractivity contribution in [3.05, 3.63) is 36.0 Å². The van der Waals surface area contributed by atoms with Crippen molar-refractivity contribution in [1.82, 2.24) is 20.5 Å². The number of H-pyrrole nitrogens is 1. The lowest BCUT2D eigenvalue weighted by Crippen LogP contribution is -2.52. The van der Waals surface area contributed by atoms with E-state index in [0.29, 0.717) is 19.4 Å². The highest BCUT2D eigenvalue weighted by atomic mass is 16.4. The van der Waals surface area contributed by atoms with Crippen molar-refractivity contribution in [2.24, 2.45) is 5.73 Å². The summed E-state index contributed by atoms with van der Waals surface area (Å²) in [5, 5.41) is 15.4. The van der Waals surface area contributed by atoms with Gasteiger partial charge in [-0.2, -0.15) is 0 Å². The van der Waals surface area contributed by atoms with E-state index < -0.39 is 35.9 Å². The number of hydrogen-bond acceptors (Lipinski definition) is 5. The van der Waals surface area contributed by atoms with Crippen LogP contribution in [0.25, 0.3) is 10.9 Å². The average Bonchev–Trinajstić information content (AvgIpc) is 3.38. The van der Waals surface area contributed by atoms with E-state index in [1.54, 1.807) is 13.1 Å². The molecular formula is C21H27N5O5. The smallest absolute Gasteiger partial charge is 0.326 e. The van der Waals surface area contributed by atoms with Crippen molar-refractivity contribution in [3.63, 3.8) is 0 Å². The molecular weight excluding hydrogens is 402 g/mol. The molecule has 2 heterocycles. The molecule has 3 atom stereocenters. The van der Waals surface area contributed by atoms with Gasteiger partial charge in [-0.1, -0.05) is 18.2 Å². The van der Waals surface area contributed by atoms with Crippen molar-refractivity contribution < 1.29 is 24.3 Å². The SMILES string of the molecule is CC(N)C(=O)N1CCCC1C(=O)NCC(=O)NC(Cc1c[nH]c2ccccc12)C(=O)O. The first-order valence-electron chi connectivity index (χ1n) is 10.2. The van der Waals surface area contributed by atoms with E-state index >= 15 is 0 Å². The van der Waals surface area contributed by atoms with Crippen molar-refractivity contribution in [2.75, 3.05) is 13.1 Å². The van der Waals surface area contributed by atoms with Crippen LogP contribution in [0.2, 0.25) is 0 Å². The largest absolute Gasteiger partial charge is 0.480 e. The topological polar surface area (TPSA) is 158 Å². The molecule has 0 bridgehead atoms. The summed E-state index contributed by atoms with van der Waals surface area (Å²) < 4.78 is 0. The Kier molecular flexibility index (Phi) is 6.91. The molecule has 166 valence electrons. The number of para-hydroxylation sites is 1. The Morgan fingerprint density at radius 2 is 2.03 bits per heavy atom. The number of nitrogens with one attached hydrogen (secondary N) is 3. The molecule has 1 fully saturated rings. The van der Waals surface area contributed by atoms with Gasteiger partial charge in [0.2, 0.25) is 17.7 Å². The minimum absolute atomic E-state index is 0.0956. The Bertz CT molecular complexity index is 985. The van der Waals surface area contributed by atoms with E-state index in [0.717, 1.165) is 16.5 Å². The zero-order valence-electron chi connectivity index (χ0n) is 17.3. The maximum atomic E-state index is 12.5. The van der Waals surface area contributed by atoms with Crippen LogP contribution in [0.3, 0.4) is 0 Å². The van der Waals surface area contributed by atoms with Gasteiger partial charge in [0.05, 0.1) is 12.6 Å². The Morgan fingerprint density at radius 3 is 2.74 bits per heavy atom. The molecule has 1 aromatic heterocycles. The third-order valence-electron chi connectivity index (χ3n) is 5.38. The van der Waals surface area contributed by atoms with Crippen LogP contribution >= 0.6 is 0 Å². The predicted octanol–water partition coefficient (Wildman–Crippen LogP) is -0.266. The first kappa shape index (κ1) is 22.3. The number of hydrogen-bond donors (Lipinski definition) is 5. The Balaban J connectivity index is 1.56. The number of carboxylic acids is 1. The average molecular weight is 429 g/mol. The van der Waals surface area contributed by atoms with Gasteiger partial charge in [-0.15, -0.1) is 0 Å². The number of carbonyl (C=O) groups excluding carboxylic acids is 3. The first-order chi connectivity index (χ1) is 14.8. The number of aromatic amines is 1. The second-order valence-corrected chi connectivity index (χ2v) is 7.72. The summed E-state index contributed by atoms with van der Waals surface area (Å²) in [6, 6.07) is 4.95. The number of nitrogens with two attached hydrogens (primary N) is 1. The van der Waals surface area contributed by atoms with E-state index in [1.807, 2.05) is 24.3 Å². The summed E-state index contributed by atoms with van der Waals surface area (Å²) in [5.41, 5.74) is 7.27. The number of amides is 3. The number of fused-ring (bicyclic) bond motifs is 1. The number of aliphatic carboxylic acids is 1. The summed E-state index contributed by atoms with van der Waals surface area (Å²) in [7, 11) is 0. The summed E-state index contributed by atoms with van der Waals surface area (Å²) in [5.74, 6) is -2.56. The number of aromatic nitrogens is 1. The third-order valence-corrected chi connectivity index (χ3v) is 5.38. The molecule has 10 nitrogen and oxygen atoms in total. The molecule has 3 unspecified atom stereocenters. The van der Waals surface area contributed by atoms with Crippen LogP contribution in [0, 0.1) is 0 Å². The van der Waals surface area contributed by atoms with Gasteiger partial charge in [-0.3, -0.25) is 14.4 Å². The Labute approximate surface area is 179 Å². The van der Waals surface area contributed by atoms with Crippen LogP contribution in [0.4, 0.5) is 0 Å². The Morgan fingerprint density at radius 1 is 1.29 bits per heavy atom. The molecule has 0 saturated carbocycles. The molecule has 0 spiro atoms. The minimum Gasteiger partial charge on any atom is -0.480 e. The van der Waals surface area contributed by atoms with Gasteiger partial charge in [0.1, 0.15) is 12.1 Å². The van der Waals surface area contributed by atoms with Crippen molar-refractivity contribution in [1.29, 1.82) is 0 Å². The molecule has 1 aliphatic rings. The van der Waals surface area contributed by atoms with Gasteiger partial charge < -0.3 is 31.4 Å². The summed E-state index contributed by atoms with van der Waals surface area (Å²) in [6.45, 7) is 1.62. The summed E-state index contributed by atoms with van der Waals surface area (Å²) >= 11 is 0. The number of benzene rings is 1. The van der Waals surface area contributed by atoms with Crippen molar-refractivity contribution >= 4 is 34.6 Å². The third kappa shape index (κ3) is 5.21. The van der Waals surface area contributed by atoms with E-state index in [1.165, 1.54) is 4.90 Å². The summed E-state index contributed by atoms with van der Waals surface area (Å²) in [6.07, 6.45) is 2.98. The molecule has 0 aliphatic carbocycles. The van der Waals surface area contributed by atoms with Crippen LogP contribution in [0.15, 0.2) is 30.5 Å². The molecule has 2 aromatic rings. The zero-order chi connectivity index (χ0) is 22.5. The fourth-order valence-corrected chi connectivity index (χ4v) is 3.82. The first-order valence-corrected chi connectivity index (χ1v) is 10.2. The van der Waals surface area contributed by atoms with E-state index in [-0.39, 0.29) is 18.9 Å². The van der Waals surface area contributed by atoms with E-state index in [4.69, 9.17) is 5.73 Å². The number of likely N-dealkylation sites (tertiary alicyclic amines) is 1. The molecule has 1 aromatic carbocycles. The predicted molar refractivity (Wildman–Crippen MR) is 113 cm³/mol. The minimum atomic E-state index is -1.17. The van der Waals surface area contributed by atoms with Crippen LogP contribution < -0.4 is 16.4 Å².